The molecule has 1 atom stereocenters. The molecule has 2 rings (SSSR count). The van der Waals surface area contributed by atoms with Crippen LogP contribution in [0.25, 0.3) is 0 Å². The number of hydrogen-bond acceptors (Lipinski definition) is 6. The molecule has 0 aliphatic carbocycles. The second kappa shape index (κ2) is 7.97. The number of aromatic amines is 2. The summed E-state index contributed by atoms with van der Waals surface area (Å²) in [6.45, 7) is 1.73. The Morgan fingerprint density at radius 3 is 2.71 bits per heavy atom. The van der Waals surface area contributed by atoms with Gasteiger partial charge < -0.3 is 26.0 Å². The van der Waals surface area contributed by atoms with Crippen molar-refractivity contribution in [2.24, 2.45) is 5.73 Å². The third-order valence-corrected chi connectivity index (χ3v) is 4.66. The highest BCUT2D eigenvalue weighted by Crippen LogP contribution is 2.20. The Bertz CT molecular complexity index is 617. The zero-order chi connectivity index (χ0) is 17.7. The SMILES string of the molecule is NC(CCCCB(O)O)(CCN1CCc2[nH][nH]c(=O)c2C1)C(=O)O. The number of rotatable bonds is 9. The predicted octanol–water partition coefficient (Wildman–Crippen LogP) is -1.12. The third kappa shape index (κ3) is 4.70. The van der Waals surface area contributed by atoms with Gasteiger partial charge in [-0.15, -0.1) is 0 Å². The molecule has 0 saturated carbocycles. The number of aromatic nitrogens is 2. The van der Waals surface area contributed by atoms with Crippen molar-refractivity contribution in [1.82, 2.24) is 15.1 Å². The summed E-state index contributed by atoms with van der Waals surface area (Å²) in [5.74, 6) is -1.05. The Kier molecular flexibility index (Phi) is 6.22. The lowest BCUT2D eigenvalue weighted by Crippen LogP contribution is -2.50. The van der Waals surface area contributed by atoms with Crippen LogP contribution in [0, 0.1) is 0 Å². The van der Waals surface area contributed by atoms with E-state index in [2.05, 4.69) is 10.2 Å². The highest BCUT2D eigenvalue weighted by molar-refractivity contribution is 6.40. The van der Waals surface area contributed by atoms with E-state index in [9.17, 15) is 14.7 Å². The minimum atomic E-state index is -1.37. The largest absolute Gasteiger partial charge is 0.480 e. The van der Waals surface area contributed by atoms with Crippen LogP contribution < -0.4 is 11.3 Å². The second-order valence-corrected chi connectivity index (χ2v) is 6.50. The number of nitrogens with one attached hydrogen (secondary N) is 2. The Balaban J connectivity index is 1.86. The van der Waals surface area contributed by atoms with Gasteiger partial charge in [-0.25, -0.2) is 0 Å². The summed E-state index contributed by atoms with van der Waals surface area (Å²) in [7, 11) is -1.37. The summed E-state index contributed by atoms with van der Waals surface area (Å²) < 4.78 is 0. The van der Waals surface area contributed by atoms with Crippen molar-refractivity contribution in [1.29, 1.82) is 0 Å². The molecule has 9 nitrogen and oxygen atoms in total. The van der Waals surface area contributed by atoms with E-state index >= 15 is 0 Å². The molecule has 7 N–H and O–H groups in total. The number of hydrogen-bond donors (Lipinski definition) is 6. The molecule has 134 valence electrons. The molecule has 0 saturated heterocycles. The highest BCUT2D eigenvalue weighted by atomic mass is 16.4. The minimum Gasteiger partial charge on any atom is -0.480 e. The van der Waals surface area contributed by atoms with Crippen LogP contribution in [0.4, 0.5) is 0 Å². The lowest BCUT2D eigenvalue weighted by molar-refractivity contribution is -0.144. The molecule has 0 aromatic carbocycles. The molecule has 0 fully saturated rings. The molecule has 0 radical (unpaired) electrons. The molecule has 0 bridgehead atoms. The van der Waals surface area contributed by atoms with Crippen LogP contribution in [-0.2, 0) is 17.8 Å². The maximum absolute atomic E-state index is 11.7. The number of carbonyl (C=O) groups is 1. The number of H-pyrrole nitrogens is 2. The van der Waals surface area contributed by atoms with Gasteiger partial charge in [0.25, 0.3) is 5.56 Å². The average molecular weight is 340 g/mol. The Morgan fingerprint density at radius 2 is 2.04 bits per heavy atom. The van der Waals surface area contributed by atoms with Crippen LogP contribution in [0.5, 0.6) is 0 Å². The van der Waals surface area contributed by atoms with E-state index in [0.29, 0.717) is 37.9 Å². The molecule has 1 aromatic rings. The topological polar surface area (TPSA) is 156 Å². The number of nitrogens with zero attached hydrogens (tertiary/aromatic N) is 1. The third-order valence-electron chi connectivity index (χ3n) is 4.66. The first kappa shape index (κ1) is 18.7. The molecular formula is C14H25BN4O5. The molecule has 0 spiro atoms. The Morgan fingerprint density at radius 1 is 1.29 bits per heavy atom. The normalized spacial score (nSPS) is 17.3. The van der Waals surface area contributed by atoms with Gasteiger partial charge in [0, 0.05) is 31.7 Å². The number of unbranched alkanes of at least 4 members (excludes halogenated alkanes) is 1. The average Bonchev–Trinajstić information content (AvgIpc) is 2.90. The monoisotopic (exact) mass is 340 g/mol. The van der Waals surface area contributed by atoms with Gasteiger partial charge in [-0.2, -0.15) is 0 Å². The summed E-state index contributed by atoms with van der Waals surface area (Å²) in [5.41, 5.74) is 6.20. The van der Waals surface area contributed by atoms with E-state index in [1.54, 1.807) is 0 Å². The summed E-state index contributed by atoms with van der Waals surface area (Å²) in [6.07, 6.45) is 2.51. The Hall–Kier alpha value is -1.62. The molecule has 1 unspecified atom stereocenters. The van der Waals surface area contributed by atoms with Crippen LogP contribution in [0.3, 0.4) is 0 Å². The van der Waals surface area contributed by atoms with Crippen molar-refractivity contribution in [3.63, 3.8) is 0 Å². The number of carboxylic acid groups (broad SMARTS) is 1. The van der Waals surface area contributed by atoms with E-state index in [0.717, 1.165) is 12.2 Å². The number of fused-ring (bicyclic) bond motifs is 1. The molecule has 1 aliphatic heterocycles. The number of nitrogens with two attached hydrogens (primary N) is 1. The van der Waals surface area contributed by atoms with E-state index in [1.165, 1.54) is 0 Å². The molecule has 1 aliphatic rings. The van der Waals surface area contributed by atoms with E-state index in [1.807, 2.05) is 4.90 Å². The van der Waals surface area contributed by atoms with E-state index < -0.39 is 18.6 Å². The lowest BCUT2D eigenvalue weighted by atomic mass is 9.81. The zero-order valence-electron chi connectivity index (χ0n) is 13.6. The summed E-state index contributed by atoms with van der Waals surface area (Å²) in [4.78, 5) is 25.2. The molecule has 10 heteroatoms. The van der Waals surface area contributed by atoms with Gasteiger partial charge in [-0.1, -0.05) is 12.8 Å². The molecule has 0 amide bonds. The number of aliphatic carboxylic acids is 1. The van der Waals surface area contributed by atoms with Crippen molar-refractivity contribution in [3.05, 3.63) is 21.6 Å². The van der Waals surface area contributed by atoms with Crippen molar-refractivity contribution in [3.8, 4) is 0 Å². The van der Waals surface area contributed by atoms with Gasteiger partial charge in [0.05, 0.1) is 5.56 Å². The molecule has 24 heavy (non-hydrogen) atoms. The van der Waals surface area contributed by atoms with Gasteiger partial charge >= 0.3 is 13.1 Å². The second-order valence-electron chi connectivity index (χ2n) is 6.50. The van der Waals surface area contributed by atoms with E-state index in [-0.39, 0.29) is 24.7 Å². The fourth-order valence-corrected chi connectivity index (χ4v) is 3.03. The van der Waals surface area contributed by atoms with Crippen LogP contribution in [0.1, 0.15) is 36.9 Å². The summed E-state index contributed by atoms with van der Waals surface area (Å²) in [6, 6.07) is 0. The van der Waals surface area contributed by atoms with Gasteiger partial charge in [-0.3, -0.25) is 19.6 Å². The lowest BCUT2D eigenvalue weighted by Gasteiger charge is -2.31. The van der Waals surface area contributed by atoms with E-state index in [4.69, 9.17) is 15.8 Å². The fraction of sp³-hybridized carbons (Fsp3) is 0.714. The fourth-order valence-electron chi connectivity index (χ4n) is 3.03. The van der Waals surface area contributed by atoms with Crippen molar-refractivity contribution < 1.29 is 19.9 Å². The van der Waals surface area contributed by atoms with Crippen LogP contribution in [0.15, 0.2) is 4.79 Å². The minimum absolute atomic E-state index is 0.130. The van der Waals surface area contributed by atoms with Gasteiger partial charge in [0.15, 0.2) is 0 Å². The highest BCUT2D eigenvalue weighted by Gasteiger charge is 2.34. The first-order valence-corrected chi connectivity index (χ1v) is 8.21. The van der Waals surface area contributed by atoms with Crippen molar-refractivity contribution >= 4 is 13.1 Å². The van der Waals surface area contributed by atoms with Crippen LogP contribution in [0.2, 0.25) is 6.32 Å². The van der Waals surface area contributed by atoms with Gasteiger partial charge in [-0.05, 0) is 19.2 Å². The van der Waals surface area contributed by atoms with Gasteiger partial charge in [0.2, 0.25) is 0 Å². The molecular weight excluding hydrogens is 315 g/mol. The molecule has 2 heterocycles. The standard InChI is InChI=1S/C14H25BN4O5/c16-14(13(21)22,4-1-2-6-15(23)24)5-8-19-7-3-11-10(9-19)12(20)18-17-11/h23-24H,1-9,16H2,(H,21,22)(H2,17,18,20). The first-order chi connectivity index (χ1) is 11.3. The van der Waals surface area contributed by atoms with Crippen molar-refractivity contribution in [2.75, 3.05) is 13.1 Å². The first-order valence-electron chi connectivity index (χ1n) is 8.21. The van der Waals surface area contributed by atoms with Crippen LogP contribution in [-0.4, -0.2) is 62.0 Å². The van der Waals surface area contributed by atoms with Crippen molar-refractivity contribution in [2.45, 2.75) is 50.5 Å². The van der Waals surface area contributed by atoms with Gasteiger partial charge in [0.1, 0.15) is 5.54 Å². The maximum Gasteiger partial charge on any atom is 0.451 e. The predicted molar refractivity (Wildman–Crippen MR) is 88.4 cm³/mol. The van der Waals surface area contributed by atoms with Crippen LogP contribution >= 0.6 is 0 Å². The number of carboxylic acids is 1. The maximum atomic E-state index is 11.7. The Labute approximate surface area is 140 Å². The summed E-state index contributed by atoms with van der Waals surface area (Å²) in [5, 5.41) is 32.5. The summed E-state index contributed by atoms with van der Waals surface area (Å²) >= 11 is 0. The molecule has 1 aromatic heterocycles. The zero-order valence-corrected chi connectivity index (χ0v) is 13.6. The quantitative estimate of drug-likeness (QED) is 0.245. The smallest absolute Gasteiger partial charge is 0.451 e.